The number of nitrogens with one attached hydrogen (secondary N) is 1. The van der Waals surface area contributed by atoms with Gasteiger partial charge in [-0.25, -0.2) is 0 Å². The lowest BCUT2D eigenvalue weighted by molar-refractivity contribution is 1.09. The predicted octanol–water partition coefficient (Wildman–Crippen LogP) is 3.66. The molecular formula is C18H17N5S. The minimum atomic E-state index is 0.445. The molecule has 0 saturated carbocycles. The largest absolute Gasteiger partial charge is 0.377 e. The first-order valence-corrected chi connectivity index (χ1v) is 8.42. The zero-order valence-electron chi connectivity index (χ0n) is 13.0. The molecule has 0 aliphatic carbocycles. The summed E-state index contributed by atoms with van der Waals surface area (Å²) in [5.74, 6) is 0.779. The lowest BCUT2D eigenvalue weighted by atomic mass is 10.1. The Morgan fingerprint density at radius 2 is 2.00 bits per heavy atom. The molecule has 0 saturated heterocycles. The molecule has 3 rings (SSSR count). The van der Waals surface area contributed by atoms with E-state index in [2.05, 4.69) is 32.5 Å². The van der Waals surface area contributed by atoms with Gasteiger partial charge in [0.2, 0.25) is 0 Å². The molecule has 0 unspecified atom stereocenters. The van der Waals surface area contributed by atoms with Crippen LogP contribution in [0.4, 0.5) is 0 Å². The SMILES string of the molecule is NC(=NN=Cc1cccc(-c2cn[nH]c2)c1)SCc1ccccc1. The lowest BCUT2D eigenvalue weighted by Gasteiger charge is -2.00. The first kappa shape index (κ1) is 16.0. The van der Waals surface area contributed by atoms with Crippen molar-refractivity contribution in [1.82, 2.24) is 10.2 Å². The van der Waals surface area contributed by atoms with Crippen molar-refractivity contribution in [2.45, 2.75) is 5.75 Å². The van der Waals surface area contributed by atoms with Gasteiger partial charge < -0.3 is 5.73 Å². The molecule has 2 aromatic carbocycles. The second-order valence-corrected chi connectivity index (χ2v) is 6.07. The monoisotopic (exact) mass is 335 g/mol. The minimum absolute atomic E-state index is 0.445. The molecule has 24 heavy (non-hydrogen) atoms. The molecule has 0 radical (unpaired) electrons. The molecule has 0 aliphatic rings. The van der Waals surface area contributed by atoms with E-state index >= 15 is 0 Å². The van der Waals surface area contributed by atoms with Gasteiger partial charge in [0.15, 0.2) is 5.17 Å². The molecule has 0 aliphatic heterocycles. The van der Waals surface area contributed by atoms with Crippen molar-refractivity contribution in [3.63, 3.8) is 0 Å². The third kappa shape index (κ3) is 4.57. The summed E-state index contributed by atoms with van der Waals surface area (Å²) in [6, 6.07) is 18.1. The Kier molecular flexibility index (Phi) is 5.42. The highest BCUT2D eigenvalue weighted by molar-refractivity contribution is 8.13. The normalized spacial score (nSPS) is 11.9. The van der Waals surface area contributed by atoms with E-state index in [9.17, 15) is 0 Å². The Morgan fingerprint density at radius 3 is 2.79 bits per heavy atom. The number of nitrogens with two attached hydrogens (primary N) is 1. The van der Waals surface area contributed by atoms with Gasteiger partial charge in [-0.05, 0) is 22.8 Å². The van der Waals surface area contributed by atoms with Crippen LogP contribution in [0.5, 0.6) is 0 Å². The summed E-state index contributed by atoms with van der Waals surface area (Å²) in [7, 11) is 0. The second-order valence-electron chi connectivity index (χ2n) is 5.07. The van der Waals surface area contributed by atoms with Crippen LogP contribution >= 0.6 is 11.8 Å². The van der Waals surface area contributed by atoms with Gasteiger partial charge in [-0.3, -0.25) is 5.10 Å². The minimum Gasteiger partial charge on any atom is -0.377 e. The van der Waals surface area contributed by atoms with E-state index in [4.69, 9.17) is 5.73 Å². The standard InChI is InChI=1S/C18H17N5S/c19-18(24-13-14-5-2-1-3-6-14)23-22-10-15-7-4-8-16(9-15)17-11-20-21-12-17/h1-12H,13H2,(H2,19,23)(H,20,21). The molecule has 0 fully saturated rings. The van der Waals surface area contributed by atoms with Crippen molar-refractivity contribution in [3.8, 4) is 11.1 Å². The summed E-state index contributed by atoms with van der Waals surface area (Å²) in [6.07, 6.45) is 5.33. The maximum absolute atomic E-state index is 5.88. The van der Waals surface area contributed by atoms with Gasteiger partial charge in [0.1, 0.15) is 0 Å². The highest BCUT2D eigenvalue weighted by Gasteiger charge is 1.99. The van der Waals surface area contributed by atoms with Gasteiger partial charge in [-0.15, -0.1) is 5.10 Å². The van der Waals surface area contributed by atoms with Crippen molar-refractivity contribution in [2.75, 3.05) is 0 Å². The number of H-pyrrole nitrogens is 1. The summed E-state index contributed by atoms with van der Waals surface area (Å²) in [6.45, 7) is 0. The summed E-state index contributed by atoms with van der Waals surface area (Å²) < 4.78 is 0. The molecule has 5 nitrogen and oxygen atoms in total. The number of hydrogen-bond acceptors (Lipinski definition) is 4. The highest BCUT2D eigenvalue weighted by Crippen LogP contribution is 2.18. The van der Waals surface area contributed by atoms with E-state index in [1.54, 1.807) is 12.4 Å². The van der Waals surface area contributed by atoms with Crippen LogP contribution in [0.1, 0.15) is 11.1 Å². The maximum atomic E-state index is 5.88. The van der Waals surface area contributed by atoms with E-state index < -0.39 is 0 Å². The Morgan fingerprint density at radius 1 is 1.12 bits per heavy atom. The van der Waals surface area contributed by atoms with E-state index in [1.807, 2.05) is 48.7 Å². The molecule has 3 aromatic rings. The number of thioether (sulfide) groups is 1. The number of nitrogens with zero attached hydrogens (tertiary/aromatic N) is 3. The van der Waals surface area contributed by atoms with Gasteiger partial charge in [0.05, 0.1) is 12.4 Å². The van der Waals surface area contributed by atoms with E-state index in [0.29, 0.717) is 5.17 Å². The molecule has 0 bridgehead atoms. The van der Waals surface area contributed by atoms with Gasteiger partial charge in [0.25, 0.3) is 0 Å². The number of aromatic amines is 1. The van der Waals surface area contributed by atoms with E-state index in [0.717, 1.165) is 22.4 Å². The van der Waals surface area contributed by atoms with E-state index in [1.165, 1.54) is 17.3 Å². The third-order valence-corrected chi connectivity index (χ3v) is 4.17. The number of amidine groups is 1. The third-order valence-electron chi connectivity index (χ3n) is 3.31. The Bertz CT molecular complexity index is 826. The summed E-state index contributed by atoms with van der Waals surface area (Å²) in [4.78, 5) is 0. The predicted molar refractivity (Wildman–Crippen MR) is 101 cm³/mol. The molecule has 120 valence electrons. The summed E-state index contributed by atoms with van der Waals surface area (Å²) >= 11 is 1.47. The van der Waals surface area contributed by atoms with Crippen LogP contribution in [-0.4, -0.2) is 21.6 Å². The maximum Gasteiger partial charge on any atom is 0.180 e. The smallest absolute Gasteiger partial charge is 0.180 e. The molecule has 0 amide bonds. The summed E-state index contributed by atoms with van der Waals surface area (Å²) in [5.41, 5.74) is 10.1. The Labute approximate surface area is 144 Å². The van der Waals surface area contributed by atoms with Gasteiger partial charge in [-0.2, -0.15) is 10.2 Å². The van der Waals surface area contributed by atoms with Gasteiger partial charge in [-0.1, -0.05) is 60.3 Å². The molecule has 6 heteroatoms. The first-order valence-electron chi connectivity index (χ1n) is 7.44. The van der Waals surface area contributed by atoms with Crippen molar-refractivity contribution < 1.29 is 0 Å². The van der Waals surface area contributed by atoms with Crippen LogP contribution < -0.4 is 5.73 Å². The first-order chi connectivity index (χ1) is 11.8. The Hall–Kier alpha value is -2.86. The second kappa shape index (κ2) is 8.12. The number of benzene rings is 2. The lowest BCUT2D eigenvalue weighted by Crippen LogP contribution is -2.05. The molecular weight excluding hydrogens is 318 g/mol. The quantitative estimate of drug-likeness (QED) is 0.424. The van der Waals surface area contributed by atoms with Gasteiger partial charge >= 0.3 is 0 Å². The van der Waals surface area contributed by atoms with Crippen molar-refractivity contribution in [3.05, 3.63) is 78.1 Å². The molecule has 1 aromatic heterocycles. The molecule has 1 heterocycles. The topological polar surface area (TPSA) is 79.4 Å². The highest BCUT2D eigenvalue weighted by atomic mass is 32.2. The van der Waals surface area contributed by atoms with Crippen LogP contribution in [0.15, 0.2) is 77.2 Å². The van der Waals surface area contributed by atoms with Crippen LogP contribution in [0.25, 0.3) is 11.1 Å². The Balaban J connectivity index is 1.60. The fourth-order valence-electron chi connectivity index (χ4n) is 2.12. The van der Waals surface area contributed by atoms with Crippen LogP contribution in [0.2, 0.25) is 0 Å². The zero-order valence-corrected chi connectivity index (χ0v) is 13.8. The van der Waals surface area contributed by atoms with Crippen LogP contribution in [0.3, 0.4) is 0 Å². The zero-order chi connectivity index (χ0) is 16.6. The number of aromatic nitrogens is 2. The van der Waals surface area contributed by atoms with Crippen LogP contribution in [-0.2, 0) is 5.75 Å². The van der Waals surface area contributed by atoms with Gasteiger partial charge in [0, 0.05) is 17.5 Å². The summed E-state index contributed by atoms with van der Waals surface area (Å²) in [5, 5.41) is 15.3. The van der Waals surface area contributed by atoms with E-state index in [-0.39, 0.29) is 0 Å². The molecule has 3 N–H and O–H groups in total. The van der Waals surface area contributed by atoms with Crippen molar-refractivity contribution in [2.24, 2.45) is 15.9 Å². The van der Waals surface area contributed by atoms with Crippen LogP contribution in [0, 0.1) is 0 Å². The van der Waals surface area contributed by atoms with Crippen molar-refractivity contribution >= 4 is 23.1 Å². The average molecular weight is 335 g/mol. The molecule has 0 atom stereocenters. The fraction of sp³-hybridized carbons (Fsp3) is 0.0556. The molecule has 0 spiro atoms. The fourth-order valence-corrected chi connectivity index (χ4v) is 2.73. The number of rotatable bonds is 5. The average Bonchev–Trinajstić information content (AvgIpc) is 3.16. The van der Waals surface area contributed by atoms with Crippen molar-refractivity contribution in [1.29, 1.82) is 0 Å². The number of hydrogen-bond donors (Lipinski definition) is 2.